The molecule has 1 aromatic rings. The SMILES string of the molecule is COC(=O)C=CC1NCCC(CO)C1OCc1ccccc1. The normalized spacial score (nSPS) is 25.3. The molecule has 0 amide bonds. The van der Waals surface area contributed by atoms with Crippen molar-refractivity contribution in [1.29, 1.82) is 0 Å². The minimum atomic E-state index is -0.394. The molecule has 0 spiro atoms. The maximum absolute atomic E-state index is 11.3. The zero-order valence-corrected chi connectivity index (χ0v) is 12.8. The van der Waals surface area contributed by atoms with Gasteiger partial charge in [-0.15, -0.1) is 0 Å². The molecule has 1 saturated heterocycles. The van der Waals surface area contributed by atoms with Gasteiger partial charge < -0.3 is 19.9 Å². The second-order valence-electron chi connectivity index (χ2n) is 5.35. The Morgan fingerprint density at radius 3 is 2.86 bits per heavy atom. The number of rotatable bonds is 6. The molecule has 0 aromatic heterocycles. The first-order valence-corrected chi connectivity index (χ1v) is 7.50. The van der Waals surface area contributed by atoms with Crippen LogP contribution in [0, 0.1) is 5.92 Å². The Labute approximate surface area is 130 Å². The van der Waals surface area contributed by atoms with Crippen LogP contribution in [0.5, 0.6) is 0 Å². The van der Waals surface area contributed by atoms with Gasteiger partial charge in [0.25, 0.3) is 0 Å². The Morgan fingerprint density at radius 1 is 1.41 bits per heavy atom. The molecule has 22 heavy (non-hydrogen) atoms. The smallest absolute Gasteiger partial charge is 0.330 e. The van der Waals surface area contributed by atoms with Crippen LogP contribution in [0.1, 0.15) is 12.0 Å². The monoisotopic (exact) mass is 305 g/mol. The van der Waals surface area contributed by atoms with Crippen molar-refractivity contribution in [2.24, 2.45) is 5.92 Å². The summed E-state index contributed by atoms with van der Waals surface area (Å²) >= 11 is 0. The highest BCUT2D eigenvalue weighted by Gasteiger charge is 2.32. The highest BCUT2D eigenvalue weighted by atomic mass is 16.5. The lowest BCUT2D eigenvalue weighted by atomic mass is 9.89. The molecule has 1 aliphatic heterocycles. The van der Waals surface area contributed by atoms with Crippen molar-refractivity contribution in [2.75, 3.05) is 20.3 Å². The minimum Gasteiger partial charge on any atom is -0.466 e. The van der Waals surface area contributed by atoms with Crippen molar-refractivity contribution in [2.45, 2.75) is 25.2 Å². The lowest BCUT2D eigenvalue weighted by molar-refractivity contribution is -0.134. The Morgan fingerprint density at radius 2 is 2.18 bits per heavy atom. The van der Waals surface area contributed by atoms with Crippen molar-refractivity contribution in [3.05, 3.63) is 48.0 Å². The fourth-order valence-electron chi connectivity index (χ4n) is 2.64. The number of esters is 1. The van der Waals surface area contributed by atoms with Crippen molar-refractivity contribution in [3.8, 4) is 0 Å². The van der Waals surface area contributed by atoms with E-state index >= 15 is 0 Å². The molecule has 5 heteroatoms. The lowest BCUT2D eigenvalue weighted by Gasteiger charge is -2.36. The molecule has 5 nitrogen and oxygen atoms in total. The van der Waals surface area contributed by atoms with Gasteiger partial charge in [0.15, 0.2) is 0 Å². The molecular weight excluding hydrogens is 282 g/mol. The first kappa shape index (κ1) is 16.7. The summed E-state index contributed by atoms with van der Waals surface area (Å²) in [6.45, 7) is 1.34. The van der Waals surface area contributed by atoms with E-state index in [0.29, 0.717) is 6.61 Å². The summed E-state index contributed by atoms with van der Waals surface area (Å²) in [5.41, 5.74) is 1.08. The van der Waals surface area contributed by atoms with Gasteiger partial charge in [0, 0.05) is 18.6 Å². The van der Waals surface area contributed by atoms with Gasteiger partial charge in [-0.05, 0) is 18.5 Å². The summed E-state index contributed by atoms with van der Waals surface area (Å²) in [5.74, 6) is -0.341. The van der Waals surface area contributed by atoms with Crippen LogP contribution in [0.2, 0.25) is 0 Å². The molecule has 120 valence electrons. The maximum Gasteiger partial charge on any atom is 0.330 e. The van der Waals surface area contributed by atoms with Gasteiger partial charge in [0.2, 0.25) is 0 Å². The summed E-state index contributed by atoms with van der Waals surface area (Å²) in [6, 6.07) is 9.79. The average molecular weight is 305 g/mol. The molecule has 2 N–H and O–H groups in total. The molecule has 0 aliphatic carbocycles. The Hall–Kier alpha value is -1.69. The van der Waals surface area contributed by atoms with Gasteiger partial charge in [-0.1, -0.05) is 36.4 Å². The summed E-state index contributed by atoms with van der Waals surface area (Å²) in [4.78, 5) is 11.3. The highest BCUT2D eigenvalue weighted by molar-refractivity contribution is 5.81. The number of methoxy groups -OCH3 is 1. The van der Waals surface area contributed by atoms with Crippen LogP contribution in [0.15, 0.2) is 42.5 Å². The molecule has 1 heterocycles. The molecule has 3 atom stereocenters. The van der Waals surface area contributed by atoms with E-state index in [1.807, 2.05) is 30.3 Å². The topological polar surface area (TPSA) is 67.8 Å². The van der Waals surface area contributed by atoms with Gasteiger partial charge in [0.05, 0.1) is 25.9 Å². The van der Waals surface area contributed by atoms with E-state index < -0.39 is 5.97 Å². The van der Waals surface area contributed by atoms with Crippen molar-refractivity contribution in [1.82, 2.24) is 5.32 Å². The molecule has 1 aromatic carbocycles. The van der Waals surface area contributed by atoms with E-state index in [2.05, 4.69) is 10.1 Å². The number of hydrogen-bond donors (Lipinski definition) is 2. The van der Waals surface area contributed by atoms with E-state index in [9.17, 15) is 9.90 Å². The summed E-state index contributed by atoms with van der Waals surface area (Å²) in [6.07, 6.45) is 3.82. The van der Waals surface area contributed by atoms with Crippen LogP contribution in [-0.4, -0.2) is 43.5 Å². The number of nitrogens with one attached hydrogen (secondary N) is 1. The first-order chi connectivity index (χ1) is 10.7. The van der Waals surface area contributed by atoms with Gasteiger partial charge in [-0.25, -0.2) is 4.79 Å². The minimum absolute atomic E-state index is 0.0530. The van der Waals surface area contributed by atoms with Crippen LogP contribution >= 0.6 is 0 Å². The van der Waals surface area contributed by atoms with Crippen LogP contribution in [0.25, 0.3) is 0 Å². The predicted octanol–water partition coefficient (Wildman–Crippen LogP) is 1.27. The Kier molecular flexibility index (Phi) is 6.58. The van der Waals surface area contributed by atoms with E-state index in [1.54, 1.807) is 6.08 Å². The second kappa shape index (κ2) is 8.68. The zero-order valence-electron chi connectivity index (χ0n) is 12.8. The second-order valence-corrected chi connectivity index (χ2v) is 5.35. The quantitative estimate of drug-likeness (QED) is 0.612. The van der Waals surface area contributed by atoms with Gasteiger partial charge in [0.1, 0.15) is 0 Å². The fourth-order valence-corrected chi connectivity index (χ4v) is 2.64. The van der Waals surface area contributed by atoms with Crippen LogP contribution in [-0.2, 0) is 20.9 Å². The number of benzene rings is 1. The zero-order chi connectivity index (χ0) is 15.8. The fraction of sp³-hybridized carbons (Fsp3) is 0.471. The van der Waals surface area contributed by atoms with Gasteiger partial charge in [-0.3, -0.25) is 0 Å². The number of aliphatic hydroxyl groups excluding tert-OH is 1. The molecular formula is C17H23NO4. The third kappa shape index (κ3) is 4.66. The Bertz CT molecular complexity index is 489. The maximum atomic E-state index is 11.3. The summed E-state index contributed by atoms with van der Waals surface area (Å²) in [7, 11) is 1.35. The third-order valence-corrected chi connectivity index (χ3v) is 3.87. The Balaban J connectivity index is 2.02. The van der Waals surface area contributed by atoms with Gasteiger partial charge >= 0.3 is 5.97 Å². The molecule has 1 fully saturated rings. The lowest BCUT2D eigenvalue weighted by Crippen LogP contribution is -2.51. The standard InChI is InChI=1S/C17H23NO4/c1-21-16(20)8-7-15-17(14(11-19)9-10-18-15)22-12-13-5-3-2-4-6-13/h2-8,14-15,17-19H,9-12H2,1H3. The summed E-state index contributed by atoms with van der Waals surface area (Å²) < 4.78 is 10.6. The highest BCUT2D eigenvalue weighted by Crippen LogP contribution is 2.22. The number of carbonyl (C=O) groups excluding carboxylic acids is 1. The van der Waals surface area contributed by atoms with Gasteiger partial charge in [-0.2, -0.15) is 0 Å². The third-order valence-electron chi connectivity index (χ3n) is 3.87. The molecule has 3 unspecified atom stereocenters. The largest absolute Gasteiger partial charge is 0.466 e. The number of aliphatic hydroxyl groups is 1. The van der Waals surface area contributed by atoms with Crippen molar-refractivity contribution >= 4 is 5.97 Å². The van der Waals surface area contributed by atoms with E-state index in [0.717, 1.165) is 18.5 Å². The predicted molar refractivity (Wildman–Crippen MR) is 83.2 cm³/mol. The van der Waals surface area contributed by atoms with Crippen molar-refractivity contribution < 1.29 is 19.4 Å². The first-order valence-electron chi connectivity index (χ1n) is 7.50. The molecule has 0 bridgehead atoms. The van der Waals surface area contributed by atoms with Crippen LogP contribution in [0.4, 0.5) is 0 Å². The molecule has 0 radical (unpaired) electrons. The number of ether oxygens (including phenoxy) is 2. The number of carbonyl (C=O) groups is 1. The van der Waals surface area contributed by atoms with E-state index in [-0.39, 0.29) is 24.7 Å². The van der Waals surface area contributed by atoms with Crippen LogP contribution < -0.4 is 5.32 Å². The number of piperidine rings is 1. The summed E-state index contributed by atoms with van der Waals surface area (Å²) in [5, 5.41) is 12.9. The number of hydrogen-bond acceptors (Lipinski definition) is 5. The average Bonchev–Trinajstić information content (AvgIpc) is 2.58. The van der Waals surface area contributed by atoms with Crippen molar-refractivity contribution in [3.63, 3.8) is 0 Å². The van der Waals surface area contributed by atoms with Crippen LogP contribution in [0.3, 0.4) is 0 Å². The van der Waals surface area contributed by atoms with E-state index in [1.165, 1.54) is 13.2 Å². The molecule has 1 aliphatic rings. The van der Waals surface area contributed by atoms with E-state index in [4.69, 9.17) is 4.74 Å². The molecule has 0 saturated carbocycles. The molecule has 2 rings (SSSR count).